The number of benzene rings is 1. The number of hydrogen-bond acceptors (Lipinski definition) is 5. The molecule has 0 unspecified atom stereocenters. The molecule has 0 N–H and O–H groups in total. The minimum absolute atomic E-state index is 0.0427. The summed E-state index contributed by atoms with van der Waals surface area (Å²) in [5, 5.41) is 0. The predicted molar refractivity (Wildman–Crippen MR) is 96.1 cm³/mol. The van der Waals surface area contributed by atoms with Crippen LogP contribution in [0.1, 0.15) is 45.2 Å². The number of methoxy groups -OCH3 is 1. The molecule has 0 aliphatic carbocycles. The standard InChI is InChI=1S/C20H27NO5/c1-5-12(6-2)19(22)21-11-15(20(23)25-7-3)18-17(21)14-9-8-13(24-4)10-16(14)26-18/h8-10,12,15,17-18H,5-7,11H2,1-4H3/t15-,17+,18+/m1/s1. The van der Waals surface area contributed by atoms with Crippen molar-refractivity contribution in [1.82, 2.24) is 4.90 Å². The molecule has 3 atom stereocenters. The van der Waals surface area contributed by atoms with Crippen molar-refractivity contribution in [3.63, 3.8) is 0 Å². The van der Waals surface area contributed by atoms with Crippen LogP contribution >= 0.6 is 0 Å². The molecule has 1 aromatic rings. The monoisotopic (exact) mass is 361 g/mol. The van der Waals surface area contributed by atoms with Crippen molar-refractivity contribution >= 4 is 11.9 Å². The van der Waals surface area contributed by atoms with Gasteiger partial charge in [0, 0.05) is 24.1 Å². The van der Waals surface area contributed by atoms with E-state index in [1.807, 2.05) is 36.9 Å². The van der Waals surface area contributed by atoms with Gasteiger partial charge in [0.25, 0.3) is 0 Å². The number of nitrogens with zero attached hydrogens (tertiary/aromatic N) is 1. The lowest BCUT2D eigenvalue weighted by atomic mass is 9.97. The summed E-state index contributed by atoms with van der Waals surface area (Å²) in [7, 11) is 1.60. The Balaban J connectivity index is 1.96. The maximum atomic E-state index is 13.1. The number of rotatable bonds is 6. The second-order valence-corrected chi connectivity index (χ2v) is 6.79. The second kappa shape index (κ2) is 7.56. The second-order valence-electron chi connectivity index (χ2n) is 6.79. The van der Waals surface area contributed by atoms with Gasteiger partial charge in [-0.05, 0) is 31.9 Å². The zero-order chi connectivity index (χ0) is 18.8. The Morgan fingerprint density at radius 1 is 1.27 bits per heavy atom. The van der Waals surface area contributed by atoms with Gasteiger partial charge in [-0.15, -0.1) is 0 Å². The first kappa shape index (κ1) is 18.5. The number of fused-ring (bicyclic) bond motifs is 3. The molecule has 0 spiro atoms. The Labute approximate surface area is 154 Å². The van der Waals surface area contributed by atoms with Crippen LogP contribution in [0.3, 0.4) is 0 Å². The van der Waals surface area contributed by atoms with E-state index < -0.39 is 12.0 Å². The zero-order valence-corrected chi connectivity index (χ0v) is 15.9. The van der Waals surface area contributed by atoms with Gasteiger partial charge < -0.3 is 19.1 Å². The summed E-state index contributed by atoms with van der Waals surface area (Å²) < 4.78 is 16.6. The fraction of sp³-hybridized carbons (Fsp3) is 0.600. The summed E-state index contributed by atoms with van der Waals surface area (Å²) in [5.41, 5.74) is 0.932. The molecule has 0 saturated carbocycles. The van der Waals surface area contributed by atoms with Crippen molar-refractivity contribution in [2.45, 2.75) is 45.8 Å². The van der Waals surface area contributed by atoms with Crippen LogP contribution in [-0.2, 0) is 14.3 Å². The van der Waals surface area contributed by atoms with Crippen molar-refractivity contribution in [2.24, 2.45) is 11.8 Å². The normalized spacial score (nSPS) is 23.4. The first-order chi connectivity index (χ1) is 12.5. The SMILES string of the molecule is CCOC(=O)[C@@H]1CN(C(=O)C(CC)CC)[C@H]2c3ccc(OC)cc3O[C@@H]12. The van der Waals surface area contributed by atoms with Gasteiger partial charge in [0.1, 0.15) is 23.5 Å². The van der Waals surface area contributed by atoms with Gasteiger partial charge in [0.05, 0.1) is 19.8 Å². The van der Waals surface area contributed by atoms with Crippen molar-refractivity contribution < 1.29 is 23.8 Å². The lowest BCUT2D eigenvalue weighted by Crippen LogP contribution is -2.36. The fourth-order valence-electron chi connectivity index (χ4n) is 4.01. The Hall–Kier alpha value is -2.24. The summed E-state index contributed by atoms with van der Waals surface area (Å²) in [6, 6.07) is 5.36. The van der Waals surface area contributed by atoms with E-state index in [0.29, 0.717) is 24.7 Å². The van der Waals surface area contributed by atoms with E-state index in [-0.39, 0.29) is 23.8 Å². The molecule has 3 rings (SSSR count). The predicted octanol–water partition coefficient (Wildman–Crippen LogP) is 2.96. The minimum atomic E-state index is -0.475. The van der Waals surface area contributed by atoms with Gasteiger partial charge in [-0.3, -0.25) is 9.59 Å². The molecule has 142 valence electrons. The number of ether oxygens (including phenoxy) is 3. The highest BCUT2D eigenvalue weighted by Crippen LogP contribution is 2.49. The molecular weight excluding hydrogens is 334 g/mol. The van der Waals surface area contributed by atoms with Crippen LogP contribution in [-0.4, -0.2) is 43.1 Å². The quantitative estimate of drug-likeness (QED) is 0.729. The van der Waals surface area contributed by atoms with Crippen LogP contribution in [0.25, 0.3) is 0 Å². The van der Waals surface area contributed by atoms with Gasteiger partial charge in [0.2, 0.25) is 5.91 Å². The molecule has 1 fully saturated rings. The van der Waals surface area contributed by atoms with Crippen LogP contribution in [0.15, 0.2) is 18.2 Å². The Morgan fingerprint density at radius 3 is 2.62 bits per heavy atom. The number of amides is 1. The maximum absolute atomic E-state index is 13.1. The molecule has 6 nitrogen and oxygen atoms in total. The minimum Gasteiger partial charge on any atom is -0.497 e. The summed E-state index contributed by atoms with van der Waals surface area (Å²) in [4.78, 5) is 27.4. The van der Waals surface area contributed by atoms with E-state index in [9.17, 15) is 9.59 Å². The van der Waals surface area contributed by atoms with E-state index in [0.717, 1.165) is 18.4 Å². The molecule has 2 aliphatic heterocycles. The van der Waals surface area contributed by atoms with E-state index in [2.05, 4.69) is 0 Å². The van der Waals surface area contributed by atoms with E-state index >= 15 is 0 Å². The lowest BCUT2D eigenvalue weighted by molar-refractivity contribution is -0.149. The van der Waals surface area contributed by atoms with Crippen LogP contribution in [0, 0.1) is 11.8 Å². The molecule has 2 aliphatic rings. The van der Waals surface area contributed by atoms with E-state index in [1.54, 1.807) is 14.0 Å². The summed E-state index contributed by atoms with van der Waals surface area (Å²) >= 11 is 0. The van der Waals surface area contributed by atoms with Crippen molar-refractivity contribution in [2.75, 3.05) is 20.3 Å². The maximum Gasteiger partial charge on any atom is 0.314 e. The zero-order valence-electron chi connectivity index (χ0n) is 15.9. The average molecular weight is 361 g/mol. The molecule has 1 saturated heterocycles. The first-order valence-electron chi connectivity index (χ1n) is 9.37. The van der Waals surface area contributed by atoms with Gasteiger partial charge in [0.15, 0.2) is 0 Å². The Bertz CT molecular complexity index is 685. The molecule has 2 heterocycles. The van der Waals surface area contributed by atoms with Crippen LogP contribution in [0.2, 0.25) is 0 Å². The summed E-state index contributed by atoms with van der Waals surface area (Å²) in [6.07, 6.45) is 1.15. The van der Waals surface area contributed by atoms with Crippen LogP contribution in [0.5, 0.6) is 11.5 Å². The van der Waals surface area contributed by atoms with Crippen LogP contribution < -0.4 is 9.47 Å². The molecule has 26 heavy (non-hydrogen) atoms. The van der Waals surface area contributed by atoms with E-state index in [4.69, 9.17) is 14.2 Å². The van der Waals surface area contributed by atoms with Gasteiger partial charge >= 0.3 is 5.97 Å². The highest BCUT2D eigenvalue weighted by atomic mass is 16.5. The molecule has 6 heteroatoms. The first-order valence-corrected chi connectivity index (χ1v) is 9.37. The molecule has 0 bridgehead atoms. The van der Waals surface area contributed by atoms with Crippen LogP contribution in [0.4, 0.5) is 0 Å². The number of carbonyl (C=O) groups is 2. The third-order valence-electron chi connectivity index (χ3n) is 5.45. The fourth-order valence-corrected chi connectivity index (χ4v) is 4.01. The lowest BCUT2D eigenvalue weighted by Gasteiger charge is -2.27. The third kappa shape index (κ3) is 3.02. The number of hydrogen-bond donors (Lipinski definition) is 0. The molecule has 0 radical (unpaired) electrons. The van der Waals surface area contributed by atoms with Gasteiger partial charge in [-0.2, -0.15) is 0 Å². The topological polar surface area (TPSA) is 65.1 Å². The third-order valence-corrected chi connectivity index (χ3v) is 5.45. The Morgan fingerprint density at radius 2 is 2.00 bits per heavy atom. The molecule has 1 amide bonds. The average Bonchev–Trinajstić information content (AvgIpc) is 3.19. The van der Waals surface area contributed by atoms with Gasteiger partial charge in [-0.1, -0.05) is 13.8 Å². The van der Waals surface area contributed by atoms with Gasteiger partial charge in [-0.25, -0.2) is 0 Å². The molecule has 1 aromatic carbocycles. The molecular formula is C20H27NO5. The molecule has 0 aromatic heterocycles. The highest BCUT2D eigenvalue weighted by Gasteiger charge is 2.54. The van der Waals surface area contributed by atoms with Crippen molar-refractivity contribution in [3.8, 4) is 11.5 Å². The summed E-state index contributed by atoms with van der Waals surface area (Å²) in [6.45, 7) is 6.48. The van der Waals surface area contributed by atoms with E-state index in [1.165, 1.54) is 0 Å². The smallest absolute Gasteiger partial charge is 0.314 e. The number of carbonyl (C=O) groups excluding carboxylic acids is 2. The van der Waals surface area contributed by atoms with Crippen molar-refractivity contribution in [3.05, 3.63) is 23.8 Å². The largest absolute Gasteiger partial charge is 0.497 e. The highest BCUT2D eigenvalue weighted by molar-refractivity contribution is 5.83. The Kier molecular flexibility index (Phi) is 5.39. The number of esters is 1. The summed E-state index contributed by atoms with van der Waals surface area (Å²) in [5.74, 6) is 0.631. The van der Waals surface area contributed by atoms with Crippen molar-refractivity contribution in [1.29, 1.82) is 0 Å². The number of likely N-dealkylation sites (tertiary alicyclic amines) is 1.